The molecule has 0 aromatic rings. The molecule has 19 heteroatoms. The van der Waals surface area contributed by atoms with E-state index in [1.807, 2.05) is 0 Å². The third-order valence-corrected chi connectivity index (χ3v) is 20.2. The first kappa shape index (κ1) is 95.1. The van der Waals surface area contributed by atoms with Crippen molar-refractivity contribution in [2.24, 2.45) is 5.92 Å². The molecule has 5 atom stereocenters. The molecular weight excluding hydrogens is 1270 g/mol. The number of aliphatic hydroxyl groups is 1. The number of carbonyl (C=O) groups is 4. The van der Waals surface area contributed by atoms with Crippen LogP contribution in [0, 0.1) is 5.92 Å². The van der Waals surface area contributed by atoms with Gasteiger partial charge in [0, 0.05) is 25.7 Å². The van der Waals surface area contributed by atoms with E-state index in [-0.39, 0.29) is 25.7 Å². The third-order valence-electron chi connectivity index (χ3n) is 18.3. The summed E-state index contributed by atoms with van der Waals surface area (Å²) in [4.78, 5) is 72.9. The summed E-state index contributed by atoms with van der Waals surface area (Å²) in [6.07, 6.45) is 60.9. The van der Waals surface area contributed by atoms with Gasteiger partial charge < -0.3 is 33.8 Å². The van der Waals surface area contributed by atoms with Crippen LogP contribution >= 0.6 is 15.6 Å². The number of phosphoric acid groups is 2. The normalized spacial score (nSPS) is 13.9. The minimum absolute atomic E-state index is 0.108. The third kappa shape index (κ3) is 72.2. The summed E-state index contributed by atoms with van der Waals surface area (Å²) in [7, 11) is -9.91. The standard InChI is InChI=1S/C78H152O17P2/c1-6-9-12-15-18-21-24-27-30-31-32-35-38-43-49-54-59-64-78(83)94-73(67-88-75(80)61-56-51-46-41-36-33-28-25-22-19-16-13-10-7-2)69-92-96(84,85)90-65-72(79)66-91-97(86,87)93-70-74(68-89-76(81)62-57-52-47-44-39-40-45-50-55-60-71(4)5)95-77(82)63-58-53-48-42-37-34-29-26-23-20-17-14-11-8-3/h71-74,79H,6-70H2,1-5H3,(H,84,85)(H,86,87)/t72-,73-,74-/m1/s1. The van der Waals surface area contributed by atoms with Crippen molar-refractivity contribution >= 4 is 39.5 Å². The lowest BCUT2D eigenvalue weighted by molar-refractivity contribution is -0.161. The molecule has 0 saturated carbocycles. The van der Waals surface area contributed by atoms with Crippen LogP contribution in [0.4, 0.5) is 0 Å². The van der Waals surface area contributed by atoms with Gasteiger partial charge >= 0.3 is 39.5 Å². The number of rotatable bonds is 78. The number of hydrogen-bond donors (Lipinski definition) is 3. The van der Waals surface area contributed by atoms with Gasteiger partial charge in [-0.3, -0.25) is 37.3 Å². The molecule has 97 heavy (non-hydrogen) atoms. The Hall–Kier alpha value is -1.94. The molecule has 0 aliphatic heterocycles. The van der Waals surface area contributed by atoms with E-state index in [1.165, 1.54) is 238 Å². The van der Waals surface area contributed by atoms with Gasteiger partial charge in [-0.15, -0.1) is 0 Å². The first-order chi connectivity index (χ1) is 47.0. The highest BCUT2D eigenvalue weighted by molar-refractivity contribution is 7.47. The Labute approximate surface area is 594 Å². The average Bonchev–Trinajstić information content (AvgIpc) is 1.66. The largest absolute Gasteiger partial charge is 0.472 e. The van der Waals surface area contributed by atoms with Crippen LogP contribution in [-0.4, -0.2) is 96.7 Å². The minimum Gasteiger partial charge on any atom is -0.462 e. The van der Waals surface area contributed by atoms with Gasteiger partial charge in [0.2, 0.25) is 0 Å². The zero-order chi connectivity index (χ0) is 71.2. The van der Waals surface area contributed by atoms with Crippen molar-refractivity contribution in [1.29, 1.82) is 0 Å². The van der Waals surface area contributed by atoms with Crippen molar-refractivity contribution in [3.63, 3.8) is 0 Å². The van der Waals surface area contributed by atoms with E-state index >= 15 is 0 Å². The van der Waals surface area contributed by atoms with Crippen molar-refractivity contribution < 1.29 is 80.2 Å². The van der Waals surface area contributed by atoms with Crippen LogP contribution in [0.3, 0.4) is 0 Å². The Kier molecular flexibility index (Phi) is 69.6. The van der Waals surface area contributed by atoms with Gasteiger partial charge in [0.15, 0.2) is 12.2 Å². The fourth-order valence-electron chi connectivity index (χ4n) is 12.1. The van der Waals surface area contributed by atoms with E-state index in [9.17, 15) is 43.2 Å². The number of ether oxygens (including phenoxy) is 4. The van der Waals surface area contributed by atoms with Gasteiger partial charge in [-0.1, -0.05) is 362 Å². The summed E-state index contributed by atoms with van der Waals surface area (Å²) >= 11 is 0. The lowest BCUT2D eigenvalue weighted by atomic mass is 10.0. The van der Waals surface area contributed by atoms with Crippen LogP contribution in [0.1, 0.15) is 413 Å². The molecule has 17 nitrogen and oxygen atoms in total. The van der Waals surface area contributed by atoms with E-state index in [0.717, 1.165) is 95.8 Å². The maximum absolute atomic E-state index is 13.1. The molecule has 0 aliphatic carbocycles. The SMILES string of the molecule is CCCCCCCCCCCCCCCCCCCC(=O)O[C@H](COC(=O)CCCCCCCCCCCCCCCC)COP(=O)(O)OC[C@@H](O)COP(=O)(O)OC[C@@H](COC(=O)CCCCCCCCCCCC(C)C)OC(=O)CCCCCCCCCCCCCCCC. The van der Waals surface area contributed by atoms with E-state index in [1.54, 1.807) is 0 Å². The number of aliphatic hydroxyl groups excluding tert-OH is 1. The highest BCUT2D eigenvalue weighted by Crippen LogP contribution is 2.45. The quantitative estimate of drug-likeness (QED) is 0.0222. The predicted octanol–water partition coefficient (Wildman–Crippen LogP) is 23.3. The first-order valence-corrected chi connectivity index (χ1v) is 43.6. The van der Waals surface area contributed by atoms with Gasteiger partial charge in [-0.05, 0) is 31.6 Å². The minimum atomic E-state index is -4.96. The molecule has 0 bridgehead atoms. The molecule has 0 rings (SSSR count). The predicted molar refractivity (Wildman–Crippen MR) is 395 cm³/mol. The highest BCUT2D eigenvalue weighted by atomic mass is 31.2. The Morgan fingerprint density at radius 1 is 0.278 bits per heavy atom. The number of carbonyl (C=O) groups excluding carboxylic acids is 4. The summed E-state index contributed by atoms with van der Waals surface area (Å²) in [5.74, 6) is -1.36. The van der Waals surface area contributed by atoms with Crippen LogP contribution in [0.2, 0.25) is 0 Å². The second-order valence-electron chi connectivity index (χ2n) is 28.6. The molecular formula is C78H152O17P2. The molecule has 2 unspecified atom stereocenters. The van der Waals surface area contributed by atoms with E-state index in [4.69, 9.17) is 37.0 Å². The van der Waals surface area contributed by atoms with Crippen molar-refractivity contribution in [1.82, 2.24) is 0 Å². The molecule has 0 aliphatic rings. The second kappa shape index (κ2) is 71.1. The molecule has 0 fully saturated rings. The fourth-order valence-corrected chi connectivity index (χ4v) is 13.6. The Morgan fingerprint density at radius 2 is 0.474 bits per heavy atom. The molecule has 0 saturated heterocycles. The molecule has 0 aromatic heterocycles. The van der Waals surface area contributed by atoms with Gasteiger partial charge in [-0.25, -0.2) is 9.13 Å². The number of hydrogen-bond acceptors (Lipinski definition) is 15. The van der Waals surface area contributed by atoms with Crippen LogP contribution in [-0.2, 0) is 65.4 Å². The van der Waals surface area contributed by atoms with Crippen molar-refractivity contribution in [2.75, 3.05) is 39.6 Å². The monoisotopic (exact) mass is 1420 g/mol. The topological polar surface area (TPSA) is 237 Å². The second-order valence-corrected chi connectivity index (χ2v) is 31.5. The Balaban J connectivity index is 5.26. The van der Waals surface area contributed by atoms with Crippen molar-refractivity contribution in [2.45, 2.75) is 432 Å². The first-order valence-electron chi connectivity index (χ1n) is 40.6. The number of phosphoric ester groups is 2. The van der Waals surface area contributed by atoms with Crippen LogP contribution in [0.25, 0.3) is 0 Å². The maximum Gasteiger partial charge on any atom is 0.472 e. The zero-order valence-corrected chi connectivity index (χ0v) is 65.0. The molecule has 0 aromatic carbocycles. The summed E-state index contributed by atoms with van der Waals surface area (Å²) < 4.78 is 68.6. The van der Waals surface area contributed by atoms with Crippen molar-refractivity contribution in [3.05, 3.63) is 0 Å². The van der Waals surface area contributed by atoms with Gasteiger partial charge in [-0.2, -0.15) is 0 Å². The Morgan fingerprint density at radius 3 is 0.701 bits per heavy atom. The average molecular weight is 1420 g/mol. The molecule has 576 valence electrons. The van der Waals surface area contributed by atoms with Crippen molar-refractivity contribution in [3.8, 4) is 0 Å². The van der Waals surface area contributed by atoms with Gasteiger partial charge in [0.25, 0.3) is 0 Å². The van der Waals surface area contributed by atoms with E-state index < -0.39 is 97.5 Å². The van der Waals surface area contributed by atoms with Gasteiger partial charge in [0.1, 0.15) is 19.3 Å². The fraction of sp³-hybridized carbons (Fsp3) is 0.949. The molecule has 0 amide bonds. The highest BCUT2D eigenvalue weighted by Gasteiger charge is 2.30. The van der Waals surface area contributed by atoms with E-state index in [0.29, 0.717) is 25.7 Å². The number of unbranched alkanes of at least 4 members (excludes halogenated alkanes) is 50. The smallest absolute Gasteiger partial charge is 0.462 e. The lowest BCUT2D eigenvalue weighted by Gasteiger charge is -2.21. The van der Waals surface area contributed by atoms with Gasteiger partial charge in [0.05, 0.1) is 26.4 Å². The van der Waals surface area contributed by atoms with Crippen LogP contribution in [0.15, 0.2) is 0 Å². The number of esters is 4. The summed E-state index contributed by atoms with van der Waals surface area (Å²) in [5.41, 5.74) is 0. The zero-order valence-electron chi connectivity index (χ0n) is 63.2. The molecule has 0 radical (unpaired) electrons. The van der Waals surface area contributed by atoms with Crippen LogP contribution in [0.5, 0.6) is 0 Å². The summed E-state index contributed by atoms with van der Waals surface area (Å²) in [6, 6.07) is 0. The summed E-state index contributed by atoms with van der Waals surface area (Å²) in [6.45, 7) is 7.30. The molecule has 0 spiro atoms. The lowest BCUT2D eigenvalue weighted by Crippen LogP contribution is -2.30. The maximum atomic E-state index is 13.1. The van der Waals surface area contributed by atoms with E-state index in [2.05, 4.69) is 34.6 Å². The molecule has 0 heterocycles. The summed E-state index contributed by atoms with van der Waals surface area (Å²) in [5, 5.41) is 10.6. The molecule has 3 N–H and O–H groups in total. The Bertz CT molecular complexity index is 1860. The van der Waals surface area contributed by atoms with Crippen LogP contribution < -0.4 is 0 Å².